The number of anilines is 2. The van der Waals surface area contributed by atoms with Crippen LogP contribution in [-0.2, 0) is 0 Å². The second-order valence-corrected chi connectivity index (χ2v) is 4.60. The fourth-order valence-electron chi connectivity index (χ4n) is 1.96. The number of hydrogen-bond donors (Lipinski definition) is 3. The molecule has 0 radical (unpaired) electrons. The maximum Gasteiger partial charge on any atom is 0.323 e. The third-order valence-corrected chi connectivity index (χ3v) is 3.03. The van der Waals surface area contributed by atoms with E-state index in [1.807, 2.05) is 0 Å². The SMILES string of the molecule is Cc1nc2nc[nH]n2c(=O)c1NC(=O)Nc1ccc(F)cc1F. The summed E-state index contributed by atoms with van der Waals surface area (Å²) < 4.78 is 27.4. The van der Waals surface area contributed by atoms with Gasteiger partial charge in [0.1, 0.15) is 23.6 Å². The van der Waals surface area contributed by atoms with E-state index in [1.165, 1.54) is 13.3 Å². The van der Waals surface area contributed by atoms with Crippen LogP contribution in [0.1, 0.15) is 5.69 Å². The molecule has 0 aliphatic carbocycles. The van der Waals surface area contributed by atoms with Gasteiger partial charge in [0, 0.05) is 6.07 Å². The molecule has 0 fully saturated rings. The van der Waals surface area contributed by atoms with E-state index in [4.69, 9.17) is 0 Å². The predicted molar refractivity (Wildman–Crippen MR) is 77.3 cm³/mol. The zero-order valence-electron chi connectivity index (χ0n) is 11.7. The number of halogens is 2. The van der Waals surface area contributed by atoms with E-state index in [0.29, 0.717) is 6.07 Å². The van der Waals surface area contributed by atoms with Crippen molar-refractivity contribution in [1.29, 1.82) is 0 Å². The van der Waals surface area contributed by atoms with Gasteiger partial charge in [-0.25, -0.2) is 23.5 Å². The van der Waals surface area contributed by atoms with Gasteiger partial charge < -0.3 is 10.6 Å². The summed E-state index contributed by atoms with van der Waals surface area (Å²) >= 11 is 0. The van der Waals surface area contributed by atoms with Gasteiger partial charge in [-0.05, 0) is 19.1 Å². The van der Waals surface area contributed by atoms with Crippen molar-refractivity contribution in [2.45, 2.75) is 6.92 Å². The number of carbonyl (C=O) groups is 1. The third kappa shape index (κ3) is 2.73. The quantitative estimate of drug-likeness (QED) is 0.668. The number of nitrogens with one attached hydrogen (secondary N) is 3. The van der Waals surface area contributed by atoms with Crippen LogP contribution < -0.4 is 16.2 Å². The van der Waals surface area contributed by atoms with E-state index in [0.717, 1.165) is 16.6 Å². The van der Waals surface area contributed by atoms with Crippen molar-refractivity contribution in [3.05, 3.63) is 52.2 Å². The number of urea groups is 1. The number of aromatic nitrogens is 4. The van der Waals surface area contributed by atoms with Crippen LogP contribution in [0, 0.1) is 18.6 Å². The summed E-state index contributed by atoms with van der Waals surface area (Å²) in [5, 5.41) is 7.04. The Morgan fingerprint density at radius 1 is 1.30 bits per heavy atom. The molecule has 0 spiro atoms. The van der Waals surface area contributed by atoms with Gasteiger partial charge >= 0.3 is 6.03 Å². The largest absolute Gasteiger partial charge is 0.323 e. The molecule has 0 unspecified atom stereocenters. The number of hydrogen-bond acceptors (Lipinski definition) is 4. The highest BCUT2D eigenvalue weighted by Crippen LogP contribution is 2.15. The number of fused-ring (bicyclic) bond motifs is 1. The number of carbonyl (C=O) groups excluding carboxylic acids is 1. The van der Waals surface area contributed by atoms with Crippen molar-refractivity contribution < 1.29 is 13.6 Å². The summed E-state index contributed by atoms with van der Waals surface area (Å²) in [6.45, 7) is 1.52. The molecule has 2 heterocycles. The standard InChI is InChI=1S/C13H10F2N6O2/c1-6-10(11(22)21-12(18-6)16-5-17-21)20-13(23)19-9-3-2-7(14)4-8(9)15/h2-5H,1H3,(H,16,17,18)(H2,19,20,23). The van der Waals surface area contributed by atoms with Crippen LogP contribution in [0.15, 0.2) is 29.3 Å². The van der Waals surface area contributed by atoms with Crippen LogP contribution in [-0.4, -0.2) is 25.6 Å². The molecule has 0 atom stereocenters. The predicted octanol–water partition coefficient (Wildman–Crippen LogP) is 1.65. The minimum Gasteiger partial charge on any atom is -0.305 e. The lowest BCUT2D eigenvalue weighted by atomic mass is 10.3. The molecule has 10 heteroatoms. The second-order valence-electron chi connectivity index (χ2n) is 4.60. The lowest BCUT2D eigenvalue weighted by molar-refractivity contribution is 0.262. The minimum atomic E-state index is -0.935. The van der Waals surface area contributed by atoms with Gasteiger partial charge in [-0.2, -0.15) is 4.52 Å². The van der Waals surface area contributed by atoms with Gasteiger partial charge in [0.05, 0.1) is 11.4 Å². The molecule has 118 valence electrons. The van der Waals surface area contributed by atoms with Gasteiger partial charge in [0.25, 0.3) is 11.3 Å². The van der Waals surface area contributed by atoms with Crippen LogP contribution in [0.2, 0.25) is 0 Å². The maximum absolute atomic E-state index is 13.5. The molecule has 1 aromatic carbocycles. The molecule has 0 bridgehead atoms. The number of rotatable bonds is 2. The van der Waals surface area contributed by atoms with Crippen molar-refractivity contribution >= 4 is 23.2 Å². The first-order valence-electron chi connectivity index (χ1n) is 6.41. The summed E-state index contributed by atoms with van der Waals surface area (Å²) in [7, 11) is 0. The number of nitrogens with zero attached hydrogens (tertiary/aromatic N) is 3. The molecule has 0 saturated heterocycles. The first-order chi connectivity index (χ1) is 11.0. The van der Waals surface area contributed by atoms with Gasteiger partial charge in [0.2, 0.25) is 0 Å². The fourth-order valence-corrected chi connectivity index (χ4v) is 1.96. The summed E-state index contributed by atoms with van der Waals surface area (Å²) in [5.41, 5.74) is -0.638. The van der Waals surface area contributed by atoms with Gasteiger partial charge in [-0.1, -0.05) is 0 Å². The molecule has 3 rings (SSSR count). The Morgan fingerprint density at radius 2 is 2.09 bits per heavy atom. The minimum absolute atomic E-state index is 0.0910. The zero-order valence-corrected chi connectivity index (χ0v) is 11.7. The summed E-state index contributed by atoms with van der Waals surface area (Å²) in [6, 6.07) is 1.84. The topological polar surface area (TPSA) is 104 Å². The van der Waals surface area contributed by atoms with Crippen LogP contribution in [0.25, 0.3) is 5.78 Å². The summed E-state index contributed by atoms with van der Waals surface area (Å²) in [5.74, 6) is -1.55. The van der Waals surface area contributed by atoms with Crippen molar-refractivity contribution in [1.82, 2.24) is 19.6 Å². The lowest BCUT2D eigenvalue weighted by Gasteiger charge is -2.09. The first-order valence-corrected chi connectivity index (χ1v) is 6.41. The lowest BCUT2D eigenvalue weighted by Crippen LogP contribution is -2.28. The molecule has 3 aromatic rings. The highest BCUT2D eigenvalue weighted by molar-refractivity contribution is 6.00. The summed E-state index contributed by atoms with van der Waals surface area (Å²) in [4.78, 5) is 32.0. The highest BCUT2D eigenvalue weighted by atomic mass is 19.1. The Hall–Kier alpha value is -3.30. The molecule has 0 saturated carbocycles. The fraction of sp³-hybridized carbons (Fsp3) is 0.0769. The maximum atomic E-state index is 13.5. The van der Waals surface area contributed by atoms with Gasteiger partial charge in [0.15, 0.2) is 0 Å². The molecule has 23 heavy (non-hydrogen) atoms. The van der Waals surface area contributed by atoms with E-state index in [2.05, 4.69) is 25.7 Å². The average Bonchev–Trinajstić information content (AvgIpc) is 2.95. The van der Waals surface area contributed by atoms with E-state index < -0.39 is 23.2 Å². The van der Waals surface area contributed by atoms with Gasteiger partial charge in [-0.3, -0.25) is 9.89 Å². The Labute approximate surface area is 127 Å². The number of aryl methyl sites for hydroxylation is 1. The molecule has 2 amide bonds. The third-order valence-electron chi connectivity index (χ3n) is 3.03. The van der Waals surface area contributed by atoms with E-state index in [1.54, 1.807) is 0 Å². The molecule has 0 aliphatic rings. The normalized spacial score (nSPS) is 10.7. The zero-order chi connectivity index (χ0) is 16.6. The number of H-pyrrole nitrogens is 1. The Bertz CT molecular complexity index is 965. The Morgan fingerprint density at radius 3 is 2.83 bits per heavy atom. The van der Waals surface area contributed by atoms with E-state index in [-0.39, 0.29) is 22.8 Å². The first kappa shape index (κ1) is 14.6. The molecular formula is C13H10F2N6O2. The smallest absolute Gasteiger partial charge is 0.305 e. The van der Waals surface area contributed by atoms with Crippen molar-refractivity contribution in [3.8, 4) is 0 Å². The monoisotopic (exact) mass is 320 g/mol. The number of amides is 2. The van der Waals surface area contributed by atoms with E-state index in [9.17, 15) is 18.4 Å². The average molecular weight is 320 g/mol. The molecule has 2 aromatic heterocycles. The Balaban J connectivity index is 1.87. The molecule has 0 aliphatic heterocycles. The van der Waals surface area contributed by atoms with Crippen LogP contribution >= 0.6 is 0 Å². The number of benzene rings is 1. The van der Waals surface area contributed by atoms with Crippen molar-refractivity contribution in [2.24, 2.45) is 0 Å². The molecular weight excluding hydrogens is 310 g/mol. The molecule has 3 N–H and O–H groups in total. The van der Waals surface area contributed by atoms with Crippen LogP contribution in [0.4, 0.5) is 25.0 Å². The van der Waals surface area contributed by atoms with Gasteiger partial charge in [-0.15, -0.1) is 0 Å². The highest BCUT2D eigenvalue weighted by Gasteiger charge is 2.15. The summed E-state index contributed by atoms with van der Waals surface area (Å²) in [6.07, 6.45) is 1.28. The van der Waals surface area contributed by atoms with Crippen LogP contribution in [0.5, 0.6) is 0 Å². The number of aromatic amines is 1. The van der Waals surface area contributed by atoms with Crippen LogP contribution in [0.3, 0.4) is 0 Å². The van der Waals surface area contributed by atoms with E-state index >= 15 is 0 Å². The van der Waals surface area contributed by atoms with Crippen molar-refractivity contribution in [2.75, 3.05) is 10.6 Å². The Kier molecular flexibility index (Phi) is 3.48. The molecule has 8 nitrogen and oxygen atoms in total. The second kappa shape index (κ2) is 5.48. The van der Waals surface area contributed by atoms with Crippen molar-refractivity contribution in [3.63, 3.8) is 0 Å².